The number of nitrogens with zero attached hydrogens (tertiary/aromatic N) is 2. The van der Waals surface area contributed by atoms with E-state index in [0.29, 0.717) is 18.6 Å². The molecule has 4 nitrogen and oxygen atoms in total. The zero-order valence-electron chi connectivity index (χ0n) is 14.3. The molecule has 1 fully saturated rings. The molecule has 1 saturated heterocycles. The third kappa shape index (κ3) is 4.03. The van der Waals surface area contributed by atoms with Crippen molar-refractivity contribution in [3.63, 3.8) is 0 Å². The maximum atomic E-state index is 11.0. The van der Waals surface area contributed by atoms with E-state index in [4.69, 9.17) is 0 Å². The summed E-state index contributed by atoms with van der Waals surface area (Å²) in [5, 5.41) is 25.3. The van der Waals surface area contributed by atoms with E-state index in [1.807, 2.05) is 36.8 Å². The van der Waals surface area contributed by atoms with Crippen LogP contribution in [-0.2, 0) is 0 Å². The van der Waals surface area contributed by atoms with Crippen molar-refractivity contribution in [2.75, 3.05) is 12.5 Å². The van der Waals surface area contributed by atoms with Crippen molar-refractivity contribution in [3.8, 4) is 0 Å². The summed E-state index contributed by atoms with van der Waals surface area (Å²) in [5.41, 5.74) is 2.77. The van der Waals surface area contributed by atoms with Crippen molar-refractivity contribution in [2.24, 2.45) is 5.16 Å². The normalized spacial score (nSPS) is 21.3. The van der Waals surface area contributed by atoms with Gasteiger partial charge in [0, 0.05) is 22.6 Å². The van der Waals surface area contributed by atoms with Gasteiger partial charge in [-0.15, -0.1) is 23.5 Å². The first kappa shape index (κ1) is 18.3. The topological polar surface area (TPSA) is 56.1 Å². The molecule has 1 heterocycles. The Morgan fingerprint density at radius 1 is 0.920 bits per heavy atom. The molecule has 25 heavy (non-hydrogen) atoms. The van der Waals surface area contributed by atoms with E-state index in [2.05, 4.69) is 29.4 Å². The van der Waals surface area contributed by atoms with Crippen LogP contribution < -0.4 is 0 Å². The second kappa shape index (κ2) is 8.27. The Kier molecular flexibility index (Phi) is 6.06. The lowest BCUT2D eigenvalue weighted by molar-refractivity contribution is -0.167. The highest BCUT2D eigenvalue weighted by Crippen LogP contribution is 2.40. The summed E-state index contributed by atoms with van der Waals surface area (Å²) in [4.78, 5) is 2.31. The summed E-state index contributed by atoms with van der Waals surface area (Å²) >= 11 is 3.35. The Labute approximate surface area is 156 Å². The van der Waals surface area contributed by atoms with Crippen LogP contribution >= 0.6 is 23.5 Å². The molecule has 0 bridgehead atoms. The average Bonchev–Trinajstić information content (AvgIpc) is 2.68. The Bertz CT molecular complexity index is 707. The van der Waals surface area contributed by atoms with E-state index in [1.165, 1.54) is 5.06 Å². The van der Waals surface area contributed by atoms with Gasteiger partial charge in [-0.3, -0.25) is 0 Å². The van der Waals surface area contributed by atoms with Crippen molar-refractivity contribution in [1.82, 2.24) is 5.06 Å². The van der Waals surface area contributed by atoms with Crippen LogP contribution in [0.1, 0.15) is 36.1 Å². The van der Waals surface area contributed by atoms with E-state index in [0.717, 1.165) is 20.9 Å². The summed E-state index contributed by atoms with van der Waals surface area (Å²) in [5.74, 6) is 0. The monoisotopic (exact) mass is 374 g/mol. The molecule has 0 amide bonds. The predicted octanol–water partition coefficient (Wildman–Crippen LogP) is 5.23. The Hall–Kier alpha value is -1.47. The minimum Gasteiger partial charge on any atom is -0.411 e. The van der Waals surface area contributed by atoms with Crippen LogP contribution in [0.4, 0.5) is 0 Å². The van der Waals surface area contributed by atoms with Crippen LogP contribution in [-0.4, -0.2) is 33.7 Å². The quantitative estimate of drug-likeness (QED) is 0.436. The smallest absolute Gasteiger partial charge is 0.0660 e. The van der Waals surface area contributed by atoms with Crippen LogP contribution in [0, 0.1) is 0 Å². The van der Waals surface area contributed by atoms with Gasteiger partial charge < -0.3 is 10.4 Å². The maximum Gasteiger partial charge on any atom is 0.0660 e. The zero-order valence-corrected chi connectivity index (χ0v) is 15.9. The van der Waals surface area contributed by atoms with Crippen LogP contribution in [0.5, 0.6) is 0 Å². The summed E-state index contributed by atoms with van der Waals surface area (Å²) in [6.45, 7) is 0. The summed E-state index contributed by atoms with van der Waals surface area (Å²) in [7, 11) is 0. The molecule has 2 atom stereocenters. The molecule has 132 valence electrons. The Balaban J connectivity index is 1.96. The van der Waals surface area contributed by atoms with E-state index in [-0.39, 0.29) is 12.1 Å². The fourth-order valence-electron chi connectivity index (χ4n) is 3.25. The molecule has 3 rings (SSSR count). The van der Waals surface area contributed by atoms with Gasteiger partial charge in [0.2, 0.25) is 0 Å². The molecule has 6 heteroatoms. The number of piperidine rings is 1. The number of hydrogen-bond donors (Lipinski definition) is 2. The molecule has 0 aromatic heterocycles. The number of hydroxylamine groups is 2. The molecule has 1 aliphatic rings. The number of thioether (sulfide) groups is 2. The molecule has 0 spiro atoms. The van der Waals surface area contributed by atoms with Gasteiger partial charge in [0.15, 0.2) is 0 Å². The van der Waals surface area contributed by atoms with Crippen molar-refractivity contribution in [1.29, 1.82) is 0 Å². The highest BCUT2D eigenvalue weighted by molar-refractivity contribution is 7.98. The third-order valence-electron chi connectivity index (χ3n) is 4.60. The van der Waals surface area contributed by atoms with Crippen LogP contribution in [0.25, 0.3) is 0 Å². The third-order valence-corrected chi connectivity index (χ3v) is 6.05. The largest absolute Gasteiger partial charge is 0.411 e. The number of benzene rings is 2. The standard InChI is InChI=1S/C19H22N2O2S2/c1-24-16-7-3-5-13(9-16)18-11-15(20-22)12-19(21(18)23)14-6-4-8-17(10-14)25-2/h3-10,18-19,22-23H,11-12H2,1-2H3/t18-,19-/m1/s1. The van der Waals surface area contributed by atoms with Gasteiger partial charge in [-0.2, -0.15) is 5.06 Å². The molecular weight excluding hydrogens is 352 g/mol. The van der Waals surface area contributed by atoms with E-state index in [1.54, 1.807) is 23.5 Å². The van der Waals surface area contributed by atoms with Crippen LogP contribution in [0.3, 0.4) is 0 Å². The minimum atomic E-state index is -0.227. The first-order chi connectivity index (χ1) is 12.2. The summed E-state index contributed by atoms with van der Waals surface area (Å²) in [6, 6.07) is 15.9. The van der Waals surface area contributed by atoms with Crippen molar-refractivity contribution < 1.29 is 10.4 Å². The van der Waals surface area contributed by atoms with Gasteiger partial charge >= 0.3 is 0 Å². The summed E-state index contributed by atoms with van der Waals surface area (Å²) < 4.78 is 0. The van der Waals surface area contributed by atoms with E-state index in [9.17, 15) is 10.4 Å². The molecule has 0 aliphatic carbocycles. The first-order valence-electron chi connectivity index (χ1n) is 8.11. The van der Waals surface area contributed by atoms with Gasteiger partial charge in [-0.05, 0) is 47.9 Å². The lowest BCUT2D eigenvalue weighted by Crippen LogP contribution is -2.37. The molecule has 2 aromatic carbocycles. The van der Waals surface area contributed by atoms with Gasteiger partial charge in [0.25, 0.3) is 0 Å². The second-order valence-electron chi connectivity index (χ2n) is 6.04. The van der Waals surface area contributed by atoms with Crippen molar-refractivity contribution >= 4 is 29.2 Å². The lowest BCUT2D eigenvalue weighted by Gasteiger charge is -2.38. The highest BCUT2D eigenvalue weighted by Gasteiger charge is 2.35. The van der Waals surface area contributed by atoms with Crippen LogP contribution in [0.15, 0.2) is 63.5 Å². The molecular formula is C19H22N2O2S2. The SMILES string of the molecule is CSc1cccc([C@H]2CC(=NO)C[C@H](c3cccc(SC)c3)N2O)c1. The summed E-state index contributed by atoms with van der Waals surface area (Å²) in [6.07, 6.45) is 5.11. The molecule has 0 saturated carbocycles. The highest BCUT2D eigenvalue weighted by atomic mass is 32.2. The van der Waals surface area contributed by atoms with Gasteiger partial charge in [-0.1, -0.05) is 29.4 Å². The fraction of sp³-hybridized carbons (Fsp3) is 0.316. The number of hydrogen-bond acceptors (Lipinski definition) is 6. The van der Waals surface area contributed by atoms with Crippen molar-refractivity contribution in [2.45, 2.75) is 34.7 Å². The van der Waals surface area contributed by atoms with Gasteiger partial charge in [0.1, 0.15) is 0 Å². The molecule has 2 aromatic rings. The predicted molar refractivity (Wildman–Crippen MR) is 104 cm³/mol. The number of oxime groups is 1. The van der Waals surface area contributed by atoms with Crippen LogP contribution in [0.2, 0.25) is 0 Å². The molecule has 0 radical (unpaired) electrons. The van der Waals surface area contributed by atoms with E-state index < -0.39 is 0 Å². The average molecular weight is 375 g/mol. The Morgan fingerprint density at radius 3 is 1.80 bits per heavy atom. The second-order valence-corrected chi connectivity index (χ2v) is 7.80. The number of rotatable bonds is 4. The van der Waals surface area contributed by atoms with Crippen molar-refractivity contribution in [3.05, 3.63) is 59.7 Å². The zero-order chi connectivity index (χ0) is 17.8. The van der Waals surface area contributed by atoms with Gasteiger partial charge in [-0.25, -0.2) is 0 Å². The Morgan fingerprint density at radius 2 is 1.40 bits per heavy atom. The lowest BCUT2D eigenvalue weighted by atomic mass is 9.88. The first-order valence-corrected chi connectivity index (χ1v) is 10.6. The fourth-order valence-corrected chi connectivity index (χ4v) is 4.19. The van der Waals surface area contributed by atoms with E-state index >= 15 is 0 Å². The maximum absolute atomic E-state index is 11.0. The minimum absolute atomic E-state index is 0.227. The van der Waals surface area contributed by atoms with Gasteiger partial charge in [0.05, 0.1) is 17.8 Å². The molecule has 2 N–H and O–H groups in total. The molecule has 0 unspecified atom stereocenters. The molecule has 1 aliphatic heterocycles.